The summed E-state index contributed by atoms with van der Waals surface area (Å²) in [7, 11) is 0. The molecule has 2 N–H and O–H groups in total. The van der Waals surface area contributed by atoms with Crippen LogP contribution < -0.4 is 5.73 Å². The molecule has 0 aliphatic carbocycles. The first-order valence-electron chi connectivity index (χ1n) is 7.26. The van der Waals surface area contributed by atoms with Gasteiger partial charge in [-0.15, -0.1) is 0 Å². The van der Waals surface area contributed by atoms with Crippen LogP contribution >= 0.6 is 0 Å². The predicted molar refractivity (Wildman–Crippen MR) is 80.1 cm³/mol. The highest BCUT2D eigenvalue weighted by molar-refractivity contribution is 5.95. The molecule has 114 valence electrons. The Hall–Kier alpha value is -1.95. The van der Waals surface area contributed by atoms with Crippen LogP contribution in [0.3, 0.4) is 0 Å². The molecular formula is C15H21N3O3. The molecule has 1 aromatic rings. The van der Waals surface area contributed by atoms with Gasteiger partial charge in [-0.3, -0.25) is 14.9 Å². The Balaban J connectivity index is 2.28. The van der Waals surface area contributed by atoms with Gasteiger partial charge >= 0.3 is 0 Å². The number of carbonyl (C=O) groups is 1. The van der Waals surface area contributed by atoms with E-state index in [1.165, 1.54) is 6.07 Å². The highest BCUT2D eigenvalue weighted by atomic mass is 16.6. The number of nitrogens with two attached hydrogens (primary N) is 1. The van der Waals surface area contributed by atoms with Gasteiger partial charge in [0.2, 0.25) is 0 Å². The monoisotopic (exact) mass is 291 g/mol. The summed E-state index contributed by atoms with van der Waals surface area (Å²) in [6.45, 7) is 5.03. The fourth-order valence-electron chi connectivity index (χ4n) is 2.93. The van der Waals surface area contributed by atoms with Crippen molar-refractivity contribution in [2.45, 2.75) is 32.7 Å². The molecule has 1 fully saturated rings. The van der Waals surface area contributed by atoms with E-state index in [4.69, 9.17) is 5.73 Å². The number of rotatable bonds is 4. The van der Waals surface area contributed by atoms with Gasteiger partial charge in [0.25, 0.3) is 11.6 Å². The largest absolute Gasteiger partial charge is 0.336 e. The van der Waals surface area contributed by atoms with Crippen molar-refractivity contribution in [2.24, 2.45) is 11.7 Å². The van der Waals surface area contributed by atoms with E-state index in [-0.39, 0.29) is 17.6 Å². The van der Waals surface area contributed by atoms with Crippen molar-refractivity contribution in [3.63, 3.8) is 0 Å². The Bertz CT molecular complexity index is 559. The van der Waals surface area contributed by atoms with E-state index < -0.39 is 4.92 Å². The Morgan fingerprint density at radius 2 is 2.24 bits per heavy atom. The number of benzene rings is 1. The molecule has 2 atom stereocenters. The van der Waals surface area contributed by atoms with Crippen LogP contribution in [0.1, 0.15) is 36.2 Å². The average Bonchev–Trinajstić information content (AvgIpc) is 2.86. The minimum absolute atomic E-state index is 0.0191. The van der Waals surface area contributed by atoms with Crippen LogP contribution in [-0.2, 0) is 6.42 Å². The molecule has 2 rings (SSSR count). The standard InChI is InChI=1S/C15H21N3O3/c1-3-12-4-5-13(7-14(12)18(20)21)15(19)17-9-11(8-16)6-10(17)2/h4-5,7,10-11H,3,6,8-9,16H2,1-2H3. The van der Waals surface area contributed by atoms with E-state index in [1.807, 2.05) is 13.8 Å². The third-order valence-electron chi connectivity index (χ3n) is 4.17. The highest BCUT2D eigenvalue weighted by Crippen LogP contribution is 2.26. The predicted octanol–water partition coefficient (Wildman–Crippen LogP) is 1.97. The van der Waals surface area contributed by atoms with Crippen LogP contribution in [0.5, 0.6) is 0 Å². The molecule has 0 aromatic heterocycles. The zero-order valence-electron chi connectivity index (χ0n) is 12.4. The molecule has 1 saturated heterocycles. The van der Waals surface area contributed by atoms with Crippen molar-refractivity contribution < 1.29 is 9.72 Å². The Kier molecular flexibility index (Phi) is 4.57. The molecule has 6 heteroatoms. The highest BCUT2D eigenvalue weighted by Gasteiger charge is 2.32. The summed E-state index contributed by atoms with van der Waals surface area (Å²) < 4.78 is 0. The SMILES string of the molecule is CCc1ccc(C(=O)N2CC(CN)CC2C)cc1[N+](=O)[O-]. The summed E-state index contributed by atoms with van der Waals surface area (Å²) in [5.74, 6) is 0.165. The third kappa shape index (κ3) is 3.05. The molecule has 1 aromatic carbocycles. The minimum atomic E-state index is -0.425. The number of nitro groups is 1. The van der Waals surface area contributed by atoms with Crippen molar-refractivity contribution in [1.82, 2.24) is 4.90 Å². The molecule has 1 aliphatic heterocycles. The number of hydrogen-bond acceptors (Lipinski definition) is 4. The lowest BCUT2D eigenvalue weighted by atomic mass is 10.1. The lowest BCUT2D eigenvalue weighted by Gasteiger charge is -2.21. The number of carbonyl (C=O) groups excluding carboxylic acids is 1. The summed E-state index contributed by atoms with van der Waals surface area (Å²) in [6, 6.07) is 4.86. The zero-order valence-corrected chi connectivity index (χ0v) is 12.4. The smallest absolute Gasteiger partial charge is 0.273 e. The molecule has 6 nitrogen and oxygen atoms in total. The van der Waals surface area contributed by atoms with Gasteiger partial charge in [0, 0.05) is 29.8 Å². The number of hydrogen-bond donors (Lipinski definition) is 1. The van der Waals surface area contributed by atoms with Gasteiger partial charge in [-0.05, 0) is 38.3 Å². The fourth-order valence-corrected chi connectivity index (χ4v) is 2.93. The number of nitrogens with zero attached hydrogens (tertiary/aromatic N) is 2. The van der Waals surface area contributed by atoms with Crippen molar-refractivity contribution >= 4 is 11.6 Å². The Morgan fingerprint density at radius 3 is 2.76 bits per heavy atom. The first-order valence-corrected chi connectivity index (χ1v) is 7.26. The maximum Gasteiger partial charge on any atom is 0.273 e. The molecule has 0 radical (unpaired) electrons. The van der Waals surface area contributed by atoms with Crippen LogP contribution in [0.4, 0.5) is 5.69 Å². The van der Waals surface area contributed by atoms with E-state index in [9.17, 15) is 14.9 Å². The molecule has 0 saturated carbocycles. The average molecular weight is 291 g/mol. The van der Waals surface area contributed by atoms with Crippen LogP contribution in [0, 0.1) is 16.0 Å². The minimum Gasteiger partial charge on any atom is -0.336 e. The Morgan fingerprint density at radius 1 is 1.52 bits per heavy atom. The molecule has 1 amide bonds. The van der Waals surface area contributed by atoms with Gasteiger partial charge in [-0.1, -0.05) is 13.0 Å². The van der Waals surface area contributed by atoms with Crippen LogP contribution in [0.2, 0.25) is 0 Å². The summed E-state index contributed by atoms with van der Waals surface area (Å²) in [5.41, 5.74) is 6.71. The second-order valence-electron chi connectivity index (χ2n) is 5.60. The van der Waals surface area contributed by atoms with E-state index in [0.29, 0.717) is 36.6 Å². The second-order valence-corrected chi connectivity index (χ2v) is 5.60. The summed E-state index contributed by atoms with van der Waals surface area (Å²) in [5, 5.41) is 11.1. The number of nitro benzene ring substituents is 1. The van der Waals surface area contributed by atoms with Crippen molar-refractivity contribution in [3.8, 4) is 0 Å². The lowest BCUT2D eigenvalue weighted by Crippen LogP contribution is -2.34. The van der Waals surface area contributed by atoms with Gasteiger partial charge in [-0.25, -0.2) is 0 Å². The first kappa shape index (κ1) is 15.4. The van der Waals surface area contributed by atoms with Gasteiger partial charge in [0.15, 0.2) is 0 Å². The van der Waals surface area contributed by atoms with E-state index in [1.54, 1.807) is 17.0 Å². The molecule has 0 bridgehead atoms. The topological polar surface area (TPSA) is 89.5 Å². The number of aryl methyl sites for hydroxylation is 1. The second kappa shape index (κ2) is 6.22. The third-order valence-corrected chi connectivity index (χ3v) is 4.17. The van der Waals surface area contributed by atoms with Gasteiger partial charge in [0.05, 0.1) is 4.92 Å². The summed E-state index contributed by atoms with van der Waals surface area (Å²) >= 11 is 0. The number of amides is 1. The molecule has 1 heterocycles. The molecule has 1 aliphatic rings. The maximum atomic E-state index is 12.6. The van der Waals surface area contributed by atoms with Crippen molar-refractivity contribution in [3.05, 3.63) is 39.4 Å². The van der Waals surface area contributed by atoms with Crippen LogP contribution in [0.25, 0.3) is 0 Å². The summed E-state index contributed by atoms with van der Waals surface area (Å²) in [6.07, 6.45) is 1.46. The normalized spacial score (nSPS) is 21.6. The fraction of sp³-hybridized carbons (Fsp3) is 0.533. The van der Waals surface area contributed by atoms with Gasteiger partial charge in [0.1, 0.15) is 0 Å². The maximum absolute atomic E-state index is 12.6. The number of likely N-dealkylation sites (tertiary alicyclic amines) is 1. The quantitative estimate of drug-likeness (QED) is 0.678. The molecule has 0 spiro atoms. The van der Waals surface area contributed by atoms with Crippen LogP contribution in [-0.4, -0.2) is 34.9 Å². The first-order chi connectivity index (χ1) is 9.97. The molecule has 2 unspecified atom stereocenters. The van der Waals surface area contributed by atoms with Crippen molar-refractivity contribution in [1.29, 1.82) is 0 Å². The van der Waals surface area contributed by atoms with Crippen LogP contribution in [0.15, 0.2) is 18.2 Å². The Labute approximate surface area is 124 Å². The lowest BCUT2D eigenvalue weighted by molar-refractivity contribution is -0.385. The molecule has 21 heavy (non-hydrogen) atoms. The van der Waals surface area contributed by atoms with E-state index >= 15 is 0 Å². The van der Waals surface area contributed by atoms with E-state index in [0.717, 1.165) is 6.42 Å². The molecular weight excluding hydrogens is 270 g/mol. The van der Waals surface area contributed by atoms with Crippen molar-refractivity contribution in [2.75, 3.05) is 13.1 Å². The van der Waals surface area contributed by atoms with Gasteiger partial charge in [-0.2, -0.15) is 0 Å². The summed E-state index contributed by atoms with van der Waals surface area (Å²) in [4.78, 5) is 25.0. The van der Waals surface area contributed by atoms with E-state index in [2.05, 4.69) is 0 Å². The zero-order chi connectivity index (χ0) is 15.6. The van der Waals surface area contributed by atoms with Gasteiger partial charge < -0.3 is 10.6 Å².